The van der Waals surface area contributed by atoms with Gasteiger partial charge >= 0.3 is 0 Å². The number of carbonyl (C=O) groups excluding carboxylic acids is 2. The third-order valence-electron chi connectivity index (χ3n) is 7.68. The number of benzene rings is 3. The van der Waals surface area contributed by atoms with E-state index in [1.165, 1.54) is 0 Å². The smallest absolute Gasteiger partial charge is 0.251 e. The second kappa shape index (κ2) is 15.8. The zero-order valence-corrected chi connectivity index (χ0v) is 24.5. The molecule has 1 fully saturated rings. The number of morpholine rings is 1. The fraction of sp³-hybridized carbons (Fsp3) is 0.306. The van der Waals surface area contributed by atoms with Gasteiger partial charge < -0.3 is 14.8 Å². The highest BCUT2D eigenvalue weighted by atomic mass is 16.5. The summed E-state index contributed by atoms with van der Waals surface area (Å²) in [7, 11) is 0. The highest BCUT2D eigenvalue weighted by molar-refractivity contribution is 6.01. The summed E-state index contributed by atoms with van der Waals surface area (Å²) < 4.78 is 11.5. The third kappa shape index (κ3) is 9.08. The Morgan fingerprint density at radius 1 is 0.837 bits per heavy atom. The van der Waals surface area contributed by atoms with Gasteiger partial charge in [-0.1, -0.05) is 60.7 Å². The normalized spacial score (nSPS) is 13.4. The predicted molar refractivity (Wildman–Crippen MR) is 168 cm³/mol. The first-order chi connectivity index (χ1) is 21.2. The summed E-state index contributed by atoms with van der Waals surface area (Å²) >= 11 is 0. The van der Waals surface area contributed by atoms with Gasteiger partial charge in [0.15, 0.2) is 0 Å². The molecule has 1 aromatic heterocycles. The van der Waals surface area contributed by atoms with Crippen molar-refractivity contribution in [3.63, 3.8) is 0 Å². The molecule has 1 amide bonds. The second-order valence-electron chi connectivity index (χ2n) is 10.7. The summed E-state index contributed by atoms with van der Waals surface area (Å²) in [6, 6.07) is 27.6. The Morgan fingerprint density at radius 2 is 1.60 bits per heavy atom. The number of nitrogens with one attached hydrogen (secondary N) is 1. The van der Waals surface area contributed by atoms with Crippen LogP contribution >= 0.6 is 0 Å². The Kier molecular flexibility index (Phi) is 11.1. The lowest BCUT2D eigenvalue weighted by Crippen LogP contribution is -2.41. The van der Waals surface area contributed by atoms with Crippen LogP contribution in [0.2, 0.25) is 0 Å². The number of aromatic nitrogens is 1. The summed E-state index contributed by atoms with van der Waals surface area (Å²) in [6.45, 7) is 5.21. The van der Waals surface area contributed by atoms with Gasteiger partial charge in [-0.2, -0.15) is 0 Å². The summed E-state index contributed by atoms with van der Waals surface area (Å²) in [4.78, 5) is 32.1. The molecule has 7 nitrogen and oxygen atoms in total. The summed E-state index contributed by atoms with van der Waals surface area (Å²) in [5.74, 6) is 0.912. The maximum atomic E-state index is 13.2. The average molecular weight is 578 g/mol. The predicted octanol–water partition coefficient (Wildman–Crippen LogP) is 5.18. The Labute approximate surface area is 253 Å². The highest BCUT2D eigenvalue weighted by Gasteiger charge is 2.16. The van der Waals surface area contributed by atoms with Crippen LogP contribution in [0.3, 0.4) is 0 Å². The first kappa shape index (κ1) is 30.1. The molecule has 0 bridgehead atoms. The fourth-order valence-corrected chi connectivity index (χ4v) is 5.29. The molecule has 43 heavy (non-hydrogen) atoms. The summed E-state index contributed by atoms with van der Waals surface area (Å²) in [5, 5.41) is 3.10. The molecule has 3 aromatic carbocycles. The Balaban J connectivity index is 1.13. The van der Waals surface area contributed by atoms with Crippen LogP contribution in [0.5, 0.6) is 5.75 Å². The maximum absolute atomic E-state index is 13.2. The molecule has 1 saturated heterocycles. The van der Waals surface area contributed by atoms with E-state index in [2.05, 4.69) is 27.3 Å². The maximum Gasteiger partial charge on any atom is 0.251 e. The molecule has 1 N–H and O–H groups in total. The minimum absolute atomic E-state index is 0.0643. The molecule has 0 spiro atoms. The summed E-state index contributed by atoms with van der Waals surface area (Å²) in [5.41, 5.74) is 5.79. The molecule has 0 unspecified atom stereocenters. The van der Waals surface area contributed by atoms with Gasteiger partial charge in [-0.3, -0.25) is 19.5 Å². The molecule has 222 valence electrons. The van der Waals surface area contributed by atoms with Gasteiger partial charge in [-0.05, 0) is 58.5 Å². The zero-order chi connectivity index (χ0) is 29.7. The van der Waals surface area contributed by atoms with E-state index in [9.17, 15) is 9.59 Å². The molecule has 5 rings (SSSR count). The number of rotatable bonds is 14. The van der Waals surface area contributed by atoms with Crippen LogP contribution in [-0.4, -0.2) is 67.6 Å². The number of Topliss-reactive ketones (excluding diaryl/α,β-unsaturated/α-hetero) is 1. The molecular formula is C36H39N3O4. The molecule has 1 aliphatic rings. The van der Waals surface area contributed by atoms with Gasteiger partial charge in [0.2, 0.25) is 0 Å². The minimum Gasteiger partial charge on any atom is -0.493 e. The number of hydrogen-bond donors (Lipinski definition) is 1. The van der Waals surface area contributed by atoms with Crippen molar-refractivity contribution in [3.8, 4) is 16.9 Å². The first-order valence-corrected chi connectivity index (χ1v) is 15.0. The molecule has 4 aromatic rings. The molecule has 0 atom stereocenters. The molecule has 0 saturated carbocycles. The van der Waals surface area contributed by atoms with Crippen molar-refractivity contribution in [1.82, 2.24) is 15.2 Å². The molecule has 0 aliphatic carbocycles. The standard InChI is InChI=1S/C36H39N3O4/c40-31(14-11-29-6-5-18-37-27-29)26-28-12-15-32(16-13-28)43-23-17-30-7-1-2-8-33(30)34-9-3-4-10-35(34)36(41)38-19-20-39-21-24-42-25-22-39/h1-10,12-13,15-16,18,27H,11,14,17,19-26H2,(H,38,41). The number of carbonyl (C=O) groups is 2. The lowest BCUT2D eigenvalue weighted by molar-refractivity contribution is -0.118. The zero-order valence-electron chi connectivity index (χ0n) is 24.5. The van der Waals surface area contributed by atoms with Crippen molar-refractivity contribution in [3.05, 3.63) is 120 Å². The molecule has 7 heteroatoms. The van der Waals surface area contributed by atoms with E-state index in [0.717, 1.165) is 66.4 Å². The van der Waals surface area contributed by atoms with Gasteiger partial charge in [0.1, 0.15) is 11.5 Å². The largest absolute Gasteiger partial charge is 0.493 e. The number of nitrogens with zero attached hydrogens (tertiary/aromatic N) is 2. The van der Waals surface area contributed by atoms with Crippen LogP contribution in [0, 0.1) is 0 Å². The minimum atomic E-state index is -0.0643. The molecule has 1 aliphatic heterocycles. The van der Waals surface area contributed by atoms with Crippen molar-refractivity contribution in [1.29, 1.82) is 0 Å². The Bertz CT molecular complexity index is 1470. The van der Waals surface area contributed by atoms with Crippen LogP contribution in [0.1, 0.15) is 33.5 Å². The van der Waals surface area contributed by atoms with E-state index >= 15 is 0 Å². The number of ketones is 1. The topological polar surface area (TPSA) is 80.8 Å². The van der Waals surface area contributed by atoms with Gasteiger partial charge in [-0.15, -0.1) is 0 Å². The number of hydrogen-bond acceptors (Lipinski definition) is 6. The lowest BCUT2D eigenvalue weighted by atomic mass is 9.94. The highest BCUT2D eigenvalue weighted by Crippen LogP contribution is 2.28. The number of aryl methyl sites for hydroxylation is 1. The van der Waals surface area contributed by atoms with Gasteiger partial charge in [0.25, 0.3) is 5.91 Å². The van der Waals surface area contributed by atoms with Crippen LogP contribution in [0.25, 0.3) is 11.1 Å². The second-order valence-corrected chi connectivity index (χ2v) is 10.7. The van der Waals surface area contributed by atoms with Crippen molar-refractivity contribution in [2.24, 2.45) is 0 Å². The molecule has 0 radical (unpaired) electrons. The lowest BCUT2D eigenvalue weighted by Gasteiger charge is -2.26. The molecular weight excluding hydrogens is 538 g/mol. The average Bonchev–Trinajstić information content (AvgIpc) is 3.06. The van der Waals surface area contributed by atoms with E-state index in [4.69, 9.17) is 9.47 Å². The first-order valence-electron chi connectivity index (χ1n) is 15.0. The SMILES string of the molecule is O=C(CCc1cccnc1)Cc1ccc(OCCc2ccccc2-c2ccccc2C(=O)NCCN2CCOCC2)cc1. The number of ether oxygens (including phenoxy) is 2. The van der Waals surface area contributed by atoms with Crippen molar-refractivity contribution >= 4 is 11.7 Å². The van der Waals surface area contributed by atoms with E-state index in [0.29, 0.717) is 44.4 Å². The van der Waals surface area contributed by atoms with Crippen LogP contribution in [0.4, 0.5) is 0 Å². The van der Waals surface area contributed by atoms with E-state index < -0.39 is 0 Å². The number of amides is 1. The quantitative estimate of drug-likeness (QED) is 0.223. The van der Waals surface area contributed by atoms with Crippen molar-refractivity contribution < 1.29 is 19.1 Å². The summed E-state index contributed by atoms with van der Waals surface area (Å²) in [6.07, 6.45) is 5.86. The van der Waals surface area contributed by atoms with Gasteiger partial charge in [-0.25, -0.2) is 0 Å². The van der Waals surface area contributed by atoms with Crippen molar-refractivity contribution in [2.75, 3.05) is 46.0 Å². The van der Waals surface area contributed by atoms with Crippen molar-refractivity contribution in [2.45, 2.75) is 25.7 Å². The van der Waals surface area contributed by atoms with Crippen LogP contribution in [-0.2, 0) is 28.8 Å². The third-order valence-corrected chi connectivity index (χ3v) is 7.68. The van der Waals surface area contributed by atoms with E-state index in [-0.39, 0.29) is 11.7 Å². The monoisotopic (exact) mass is 577 g/mol. The van der Waals surface area contributed by atoms with Crippen LogP contribution in [0.15, 0.2) is 97.3 Å². The van der Waals surface area contributed by atoms with Gasteiger partial charge in [0.05, 0.1) is 19.8 Å². The Hall–Kier alpha value is -4.33. The van der Waals surface area contributed by atoms with E-state index in [1.807, 2.05) is 79.0 Å². The van der Waals surface area contributed by atoms with Gasteiger partial charge in [0, 0.05) is 63.4 Å². The van der Waals surface area contributed by atoms with E-state index in [1.54, 1.807) is 6.20 Å². The van der Waals surface area contributed by atoms with Crippen LogP contribution < -0.4 is 10.1 Å². The Morgan fingerprint density at radius 3 is 2.40 bits per heavy atom. The fourth-order valence-electron chi connectivity index (χ4n) is 5.29. The number of pyridine rings is 1. The molecule has 2 heterocycles.